The van der Waals surface area contributed by atoms with Crippen molar-refractivity contribution in [1.82, 2.24) is 20.9 Å². The molecule has 3 rings (SSSR count). The molecule has 1 saturated heterocycles. The number of ether oxygens (including phenoxy) is 1. The number of likely N-dealkylation sites (tertiary alicyclic amines) is 1. The molecule has 0 aromatic heterocycles. The van der Waals surface area contributed by atoms with E-state index in [2.05, 4.69) is 29.8 Å². The molecule has 2 aliphatic carbocycles. The number of carbonyl (C=O) groups excluding carboxylic acids is 4. The van der Waals surface area contributed by atoms with Crippen molar-refractivity contribution >= 4 is 23.8 Å². The Hall–Kier alpha value is -2.36. The van der Waals surface area contributed by atoms with Crippen molar-refractivity contribution < 1.29 is 29.0 Å². The highest BCUT2D eigenvalue weighted by atomic mass is 16.5. The maximum atomic E-state index is 14.0. The topological polar surface area (TPSA) is 137 Å². The molecule has 4 N–H and O–H groups in total. The van der Waals surface area contributed by atoms with E-state index in [-0.39, 0.29) is 29.1 Å². The predicted octanol–water partition coefficient (Wildman–Crippen LogP) is 2.19. The van der Waals surface area contributed by atoms with Crippen LogP contribution in [-0.2, 0) is 19.1 Å². The van der Waals surface area contributed by atoms with Crippen molar-refractivity contribution in [2.24, 2.45) is 28.6 Å². The number of esters is 1. The van der Waals surface area contributed by atoms with Gasteiger partial charge in [0, 0.05) is 12.1 Å². The first kappa shape index (κ1) is 30.2. The maximum absolute atomic E-state index is 14.0. The molecular formula is C28H48N4O6. The lowest BCUT2D eigenvalue weighted by Gasteiger charge is -2.39. The van der Waals surface area contributed by atoms with Gasteiger partial charge >= 0.3 is 12.0 Å². The van der Waals surface area contributed by atoms with E-state index in [0.717, 1.165) is 19.3 Å². The first-order valence-corrected chi connectivity index (χ1v) is 13.8. The van der Waals surface area contributed by atoms with Crippen LogP contribution < -0.4 is 16.0 Å². The highest BCUT2D eigenvalue weighted by Crippen LogP contribution is 2.65. The molecule has 10 nitrogen and oxygen atoms in total. The van der Waals surface area contributed by atoms with Crippen molar-refractivity contribution in [1.29, 1.82) is 0 Å². The molecule has 10 heteroatoms. The van der Waals surface area contributed by atoms with E-state index in [1.807, 2.05) is 41.5 Å². The fourth-order valence-corrected chi connectivity index (χ4v) is 6.04. The van der Waals surface area contributed by atoms with Crippen LogP contribution in [0.25, 0.3) is 0 Å². The number of aliphatic hydroxyl groups is 1. The second-order valence-electron chi connectivity index (χ2n) is 14.2. The van der Waals surface area contributed by atoms with Crippen LogP contribution in [0.5, 0.6) is 0 Å². The van der Waals surface area contributed by atoms with Crippen LogP contribution in [0.4, 0.5) is 4.79 Å². The molecule has 4 amide bonds. The number of hydrogen-bond acceptors (Lipinski definition) is 6. The van der Waals surface area contributed by atoms with Crippen molar-refractivity contribution in [2.45, 2.75) is 111 Å². The predicted molar refractivity (Wildman–Crippen MR) is 143 cm³/mol. The Kier molecular flexibility index (Phi) is 8.47. The van der Waals surface area contributed by atoms with E-state index in [4.69, 9.17) is 4.74 Å². The van der Waals surface area contributed by atoms with Gasteiger partial charge in [-0.3, -0.25) is 9.59 Å². The number of amides is 4. The van der Waals surface area contributed by atoms with Gasteiger partial charge in [0.2, 0.25) is 11.8 Å². The van der Waals surface area contributed by atoms with E-state index in [1.165, 1.54) is 7.11 Å². The molecule has 2 saturated carbocycles. The highest BCUT2D eigenvalue weighted by Gasteiger charge is 2.70. The number of fused-ring (bicyclic) bond motifs is 1. The molecule has 0 radical (unpaired) electrons. The molecule has 1 aliphatic heterocycles. The minimum Gasteiger partial charge on any atom is -0.467 e. The Labute approximate surface area is 227 Å². The molecule has 6 atom stereocenters. The van der Waals surface area contributed by atoms with Gasteiger partial charge in [0.15, 0.2) is 6.10 Å². The lowest BCUT2D eigenvalue weighted by atomic mass is 9.79. The number of carbonyl (C=O) groups is 4. The van der Waals surface area contributed by atoms with Crippen molar-refractivity contribution in [3.8, 4) is 0 Å². The Morgan fingerprint density at radius 3 is 2.13 bits per heavy atom. The number of hydrogen-bond donors (Lipinski definition) is 4. The van der Waals surface area contributed by atoms with Gasteiger partial charge in [0.05, 0.1) is 13.2 Å². The second-order valence-corrected chi connectivity index (χ2v) is 14.2. The van der Waals surface area contributed by atoms with Crippen LogP contribution in [-0.4, -0.2) is 77.2 Å². The summed E-state index contributed by atoms with van der Waals surface area (Å²) in [7, 11) is 1.21. The molecular weight excluding hydrogens is 488 g/mol. The smallest absolute Gasteiger partial charge is 0.336 e. The zero-order valence-corrected chi connectivity index (χ0v) is 24.5. The molecule has 0 bridgehead atoms. The van der Waals surface area contributed by atoms with Gasteiger partial charge in [0.1, 0.15) is 12.1 Å². The number of nitrogens with zero attached hydrogens (tertiary/aromatic N) is 1. The number of nitrogens with one attached hydrogen (secondary N) is 3. The summed E-state index contributed by atoms with van der Waals surface area (Å²) < 4.78 is 4.74. The van der Waals surface area contributed by atoms with Crippen LogP contribution in [0.2, 0.25) is 0 Å². The third-order valence-electron chi connectivity index (χ3n) is 8.60. The first-order valence-electron chi connectivity index (χ1n) is 13.8. The van der Waals surface area contributed by atoms with Crippen LogP contribution >= 0.6 is 0 Å². The Bertz CT molecular complexity index is 933. The third-order valence-corrected chi connectivity index (χ3v) is 8.60. The minimum absolute atomic E-state index is 0.0462. The molecule has 0 spiro atoms. The lowest BCUT2D eigenvalue weighted by molar-refractivity contribution is -0.153. The monoisotopic (exact) mass is 536 g/mol. The van der Waals surface area contributed by atoms with E-state index in [0.29, 0.717) is 18.9 Å². The summed E-state index contributed by atoms with van der Waals surface area (Å²) in [6.07, 6.45) is 2.05. The fraction of sp³-hybridized carbons (Fsp3) is 0.857. The number of urea groups is 1. The summed E-state index contributed by atoms with van der Waals surface area (Å²) in [4.78, 5) is 54.3. The van der Waals surface area contributed by atoms with E-state index >= 15 is 0 Å². The summed E-state index contributed by atoms with van der Waals surface area (Å²) in [5.74, 6) is -1.05. The van der Waals surface area contributed by atoms with E-state index in [9.17, 15) is 24.3 Å². The number of methoxy groups -OCH3 is 1. The van der Waals surface area contributed by atoms with Gasteiger partial charge in [-0.1, -0.05) is 53.9 Å². The number of rotatable bonds is 8. The number of aliphatic hydroxyl groups excluding tert-OH is 1. The van der Waals surface area contributed by atoms with E-state index in [1.54, 1.807) is 4.90 Å². The second kappa shape index (κ2) is 10.7. The van der Waals surface area contributed by atoms with Gasteiger partial charge in [-0.15, -0.1) is 0 Å². The molecule has 0 aromatic carbocycles. The minimum atomic E-state index is -1.48. The first-order chi connectivity index (χ1) is 17.4. The largest absolute Gasteiger partial charge is 0.467 e. The molecule has 216 valence electrons. The van der Waals surface area contributed by atoms with Crippen LogP contribution in [0.15, 0.2) is 0 Å². The van der Waals surface area contributed by atoms with Gasteiger partial charge in [-0.2, -0.15) is 0 Å². The normalized spacial score (nSPS) is 26.8. The zero-order valence-electron chi connectivity index (χ0n) is 24.5. The highest BCUT2D eigenvalue weighted by molar-refractivity contribution is 5.94. The average Bonchev–Trinajstić information content (AvgIpc) is 3.08. The van der Waals surface area contributed by atoms with Crippen LogP contribution in [0.3, 0.4) is 0 Å². The van der Waals surface area contributed by atoms with Gasteiger partial charge in [-0.25, -0.2) is 9.59 Å². The molecule has 3 unspecified atom stereocenters. The third kappa shape index (κ3) is 6.43. The van der Waals surface area contributed by atoms with Crippen molar-refractivity contribution in [3.63, 3.8) is 0 Å². The van der Waals surface area contributed by atoms with Crippen LogP contribution in [0, 0.1) is 28.6 Å². The Morgan fingerprint density at radius 2 is 1.66 bits per heavy atom. The van der Waals surface area contributed by atoms with E-state index < -0.39 is 47.2 Å². The quantitative estimate of drug-likeness (QED) is 0.351. The molecule has 38 heavy (non-hydrogen) atoms. The summed E-state index contributed by atoms with van der Waals surface area (Å²) in [6.45, 7) is 15.8. The summed E-state index contributed by atoms with van der Waals surface area (Å²) >= 11 is 0. The maximum Gasteiger partial charge on any atom is 0.336 e. The molecule has 3 aliphatic rings. The molecule has 0 aromatic rings. The SMILES string of the molecule is COC(=O)C(O)C(CC1CCC1)NC(=O)[C@@H]1C2[C@H](CN1C(=O)[C@@H](NC(=O)NC(C)(C)C)C(C)(C)C)C2(C)C. The standard InChI is InChI=1S/C28H48N4O6/c1-26(2,3)21(30-25(37)31-27(4,5)6)23(35)32-14-16-18(28(16,7)8)19(32)22(34)29-17(13-15-11-10-12-15)20(33)24(36)38-9/h15-21,33H,10-14H2,1-9H3,(H,29,34)(H2,30,31,37)/t16-,17?,18?,19-,20?,21+/m0/s1. The fourth-order valence-electron chi connectivity index (χ4n) is 6.04. The Morgan fingerprint density at radius 1 is 1.05 bits per heavy atom. The Balaban J connectivity index is 1.83. The van der Waals surface area contributed by atoms with Gasteiger partial charge in [0.25, 0.3) is 0 Å². The molecule has 3 fully saturated rings. The molecule has 1 heterocycles. The summed E-state index contributed by atoms with van der Waals surface area (Å²) in [5.41, 5.74) is -1.20. The zero-order chi connectivity index (χ0) is 28.8. The van der Waals surface area contributed by atoms with Crippen molar-refractivity contribution in [3.05, 3.63) is 0 Å². The van der Waals surface area contributed by atoms with Gasteiger partial charge < -0.3 is 30.7 Å². The van der Waals surface area contributed by atoms with Crippen LogP contribution in [0.1, 0.15) is 81.1 Å². The number of piperidine rings is 1. The van der Waals surface area contributed by atoms with Crippen molar-refractivity contribution in [2.75, 3.05) is 13.7 Å². The lowest BCUT2D eigenvalue weighted by Crippen LogP contribution is -2.62. The average molecular weight is 537 g/mol. The van der Waals surface area contributed by atoms with Gasteiger partial charge in [-0.05, 0) is 55.8 Å². The summed E-state index contributed by atoms with van der Waals surface area (Å²) in [6, 6.07) is -2.86. The summed E-state index contributed by atoms with van der Waals surface area (Å²) in [5, 5.41) is 19.3.